The molecule has 1 aliphatic carbocycles. The van der Waals surface area contributed by atoms with Gasteiger partial charge >= 0.3 is 5.97 Å². The molecular weight excluding hydrogens is 254 g/mol. The molecule has 3 unspecified atom stereocenters. The van der Waals surface area contributed by atoms with Crippen molar-refractivity contribution in [3.05, 3.63) is 0 Å². The molecule has 0 aromatic carbocycles. The maximum atomic E-state index is 11.1. The summed E-state index contributed by atoms with van der Waals surface area (Å²) in [5, 5.41) is 12.9. The van der Waals surface area contributed by atoms with Crippen LogP contribution in [0.3, 0.4) is 0 Å². The van der Waals surface area contributed by atoms with E-state index >= 15 is 0 Å². The molecule has 2 N–H and O–H groups in total. The van der Waals surface area contributed by atoms with E-state index in [0.29, 0.717) is 12.1 Å². The van der Waals surface area contributed by atoms with E-state index in [0.717, 1.165) is 58.0 Å². The minimum Gasteiger partial charge on any atom is -0.481 e. The molecule has 4 nitrogen and oxygen atoms in total. The van der Waals surface area contributed by atoms with Crippen molar-refractivity contribution >= 4 is 5.97 Å². The van der Waals surface area contributed by atoms with Gasteiger partial charge in [0, 0.05) is 18.7 Å². The first-order chi connectivity index (χ1) is 9.58. The molecule has 2 fully saturated rings. The van der Waals surface area contributed by atoms with Crippen molar-refractivity contribution < 1.29 is 14.6 Å². The molecule has 116 valence electrons. The van der Waals surface area contributed by atoms with Crippen molar-refractivity contribution in [2.75, 3.05) is 6.61 Å². The molecule has 2 aliphatic rings. The first-order valence-electron chi connectivity index (χ1n) is 8.21. The molecular formula is C16H29NO3. The Bertz CT molecular complexity index is 328. The molecule has 0 amide bonds. The van der Waals surface area contributed by atoms with E-state index < -0.39 is 5.97 Å². The van der Waals surface area contributed by atoms with Crippen LogP contribution >= 0.6 is 0 Å². The maximum Gasteiger partial charge on any atom is 0.306 e. The molecule has 1 saturated heterocycles. The Morgan fingerprint density at radius 3 is 2.65 bits per heavy atom. The molecule has 2 rings (SSSR count). The normalized spacial score (nSPS) is 33.8. The summed E-state index contributed by atoms with van der Waals surface area (Å²) < 4.78 is 6.01. The van der Waals surface area contributed by atoms with Gasteiger partial charge in [0.2, 0.25) is 0 Å². The number of hydrogen-bond acceptors (Lipinski definition) is 3. The monoisotopic (exact) mass is 283 g/mol. The summed E-state index contributed by atoms with van der Waals surface area (Å²) in [6, 6.07) is 0.862. The highest BCUT2D eigenvalue weighted by Gasteiger charge is 2.36. The fraction of sp³-hybridized carbons (Fsp3) is 0.938. The number of aliphatic carboxylic acids is 1. The first-order valence-corrected chi connectivity index (χ1v) is 8.21. The number of carboxylic acid groups (broad SMARTS) is 1. The van der Waals surface area contributed by atoms with Crippen LogP contribution in [0.15, 0.2) is 0 Å². The molecule has 1 aliphatic heterocycles. The second-order valence-electron chi connectivity index (χ2n) is 6.49. The highest BCUT2D eigenvalue weighted by atomic mass is 16.5. The summed E-state index contributed by atoms with van der Waals surface area (Å²) in [5.41, 5.74) is 0.0385. The van der Waals surface area contributed by atoms with E-state index in [1.807, 2.05) is 0 Å². The average molecular weight is 283 g/mol. The minimum atomic E-state index is -0.625. The third-order valence-electron chi connectivity index (χ3n) is 5.28. The summed E-state index contributed by atoms with van der Waals surface area (Å²) in [6.45, 7) is 5.23. The summed E-state index contributed by atoms with van der Waals surface area (Å²) in [7, 11) is 0. The van der Waals surface area contributed by atoms with E-state index in [2.05, 4.69) is 19.2 Å². The van der Waals surface area contributed by atoms with E-state index in [-0.39, 0.29) is 11.5 Å². The quantitative estimate of drug-likeness (QED) is 0.814. The van der Waals surface area contributed by atoms with Gasteiger partial charge in [-0.1, -0.05) is 20.3 Å². The van der Waals surface area contributed by atoms with Gasteiger partial charge in [-0.3, -0.25) is 4.79 Å². The summed E-state index contributed by atoms with van der Waals surface area (Å²) in [5.74, 6) is -0.775. The van der Waals surface area contributed by atoms with E-state index in [4.69, 9.17) is 4.74 Å². The van der Waals surface area contributed by atoms with Crippen molar-refractivity contribution in [2.24, 2.45) is 5.92 Å². The predicted molar refractivity (Wildman–Crippen MR) is 78.8 cm³/mol. The Hall–Kier alpha value is -0.610. The number of ether oxygens (including phenoxy) is 1. The van der Waals surface area contributed by atoms with E-state index in [1.165, 1.54) is 0 Å². The summed E-state index contributed by atoms with van der Waals surface area (Å²) in [4.78, 5) is 11.1. The number of rotatable bonds is 5. The van der Waals surface area contributed by atoms with Gasteiger partial charge in [0.05, 0.1) is 11.5 Å². The van der Waals surface area contributed by atoms with Gasteiger partial charge in [0.25, 0.3) is 0 Å². The van der Waals surface area contributed by atoms with Crippen LogP contribution in [-0.2, 0) is 9.53 Å². The Morgan fingerprint density at radius 1 is 1.25 bits per heavy atom. The maximum absolute atomic E-state index is 11.1. The minimum absolute atomic E-state index is 0.0385. The van der Waals surface area contributed by atoms with Gasteiger partial charge in [-0.05, 0) is 44.9 Å². The van der Waals surface area contributed by atoms with Crippen LogP contribution in [0, 0.1) is 5.92 Å². The lowest BCUT2D eigenvalue weighted by Gasteiger charge is -2.42. The Labute approximate surface area is 122 Å². The van der Waals surface area contributed by atoms with Crippen molar-refractivity contribution in [3.63, 3.8) is 0 Å². The molecule has 3 atom stereocenters. The van der Waals surface area contributed by atoms with Crippen LogP contribution in [0.25, 0.3) is 0 Å². The zero-order chi connectivity index (χ0) is 14.6. The van der Waals surface area contributed by atoms with Crippen molar-refractivity contribution in [1.29, 1.82) is 0 Å². The van der Waals surface area contributed by atoms with Crippen LogP contribution in [-0.4, -0.2) is 35.4 Å². The zero-order valence-electron chi connectivity index (χ0n) is 12.9. The highest BCUT2D eigenvalue weighted by Crippen LogP contribution is 2.33. The number of carboxylic acids is 1. The molecule has 0 aromatic heterocycles. The topological polar surface area (TPSA) is 58.6 Å². The van der Waals surface area contributed by atoms with Gasteiger partial charge in [0.15, 0.2) is 0 Å². The van der Waals surface area contributed by atoms with Gasteiger partial charge in [0.1, 0.15) is 0 Å². The SMILES string of the molecule is CCC1(CC)CC(NC2CCCC(C(=O)O)C2)CCO1. The summed E-state index contributed by atoms with van der Waals surface area (Å²) in [6.07, 6.45) is 8.02. The molecule has 1 heterocycles. The Morgan fingerprint density at radius 2 is 2.00 bits per heavy atom. The third-order valence-corrected chi connectivity index (χ3v) is 5.28. The van der Waals surface area contributed by atoms with Crippen molar-refractivity contribution in [1.82, 2.24) is 5.32 Å². The molecule has 1 saturated carbocycles. The number of carbonyl (C=O) groups is 1. The molecule has 0 aromatic rings. The van der Waals surface area contributed by atoms with Gasteiger partial charge < -0.3 is 15.2 Å². The zero-order valence-corrected chi connectivity index (χ0v) is 12.9. The second kappa shape index (κ2) is 6.90. The van der Waals surface area contributed by atoms with Gasteiger partial charge in [-0.2, -0.15) is 0 Å². The second-order valence-corrected chi connectivity index (χ2v) is 6.49. The highest BCUT2D eigenvalue weighted by molar-refractivity contribution is 5.70. The van der Waals surface area contributed by atoms with E-state index in [1.54, 1.807) is 0 Å². The van der Waals surface area contributed by atoms with Crippen LogP contribution < -0.4 is 5.32 Å². The van der Waals surface area contributed by atoms with Crippen LogP contribution in [0.5, 0.6) is 0 Å². The summed E-state index contributed by atoms with van der Waals surface area (Å²) >= 11 is 0. The van der Waals surface area contributed by atoms with Crippen molar-refractivity contribution in [2.45, 2.75) is 82.9 Å². The molecule has 0 radical (unpaired) electrons. The number of nitrogens with one attached hydrogen (secondary N) is 1. The molecule has 0 bridgehead atoms. The predicted octanol–water partition coefficient (Wildman–Crippen LogP) is 2.96. The largest absolute Gasteiger partial charge is 0.481 e. The van der Waals surface area contributed by atoms with Gasteiger partial charge in [-0.15, -0.1) is 0 Å². The molecule has 4 heteroatoms. The molecule has 20 heavy (non-hydrogen) atoms. The standard InChI is InChI=1S/C16H29NO3/c1-3-16(4-2)11-14(8-9-20-16)17-13-7-5-6-12(10-13)15(18)19/h12-14,17H,3-11H2,1-2H3,(H,18,19). The first kappa shape index (κ1) is 15.8. The van der Waals surface area contributed by atoms with Crippen LogP contribution in [0.1, 0.15) is 65.2 Å². The lowest BCUT2D eigenvalue weighted by atomic mass is 9.82. The Kier molecular flexibility index (Phi) is 5.44. The lowest BCUT2D eigenvalue weighted by molar-refractivity contribution is -0.143. The average Bonchev–Trinajstić information content (AvgIpc) is 2.47. The number of hydrogen-bond donors (Lipinski definition) is 2. The van der Waals surface area contributed by atoms with Crippen molar-refractivity contribution in [3.8, 4) is 0 Å². The lowest BCUT2D eigenvalue weighted by Crippen LogP contribution is -2.50. The van der Waals surface area contributed by atoms with Gasteiger partial charge in [-0.25, -0.2) is 0 Å². The smallest absolute Gasteiger partial charge is 0.306 e. The van der Waals surface area contributed by atoms with Crippen LogP contribution in [0.4, 0.5) is 0 Å². The Balaban J connectivity index is 1.87. The fourth-order valence-corrected chi connectivity index (χ4v) is 3.81. The molecule has 0 spiro atoms. The van der Waals surface area contributed by atoms with Crippen LogP contribution in [0.2, 0.25) is 0 Å². The third kappa shape index (κ3) is 3.73. The fourth-order valence-electron chi connectivity index (χ4n) is 3.81. The van der Waals surface area contributed by atoms with E-state index in [9.17, 15) is 9.90 Å².